The molecular formula is C19H31N3O2S. The van der Waals surface area contributed by atoms with Crippen LogP contribution in [-0.4, -0.2) is 46.0 Å². The topological polar surface area (TPSA) is 70.6 Å². The van der Waals surface area contributed by atoms with Crippen LogP contribution in [0, 0.1) is 5.92 Å². The number of benzene rings is 1. The minimum atomic E-state index is -2.83. The van der Waals surface area contributed by atoms with Gasteiger partial charge in [0.1, 0.15) is 0 Å². The summed E-state index contributed by atoms with van der Waals surface area (Å²) in [6.07, 6.45) is 2.82. The summed E-state index contributed by atoms with van der Waals surface area (Å²) in [5.74, 6) is 1.52. The van der Waals surface area contributed by atoms with Crippen LogP contribution in [0.25, 0.3) is 0 Å². The number of hydrogen-bond donors (Lipinski definition) is 2. The van der Waals surface area contributed by atoms with Crippen molar-refractivity contribution in [3.8, 4) is 0 Å². The molecular weight excluding hydrogens is 334 g/mol. The maximum atomic E-state index is 11.6. The van der Waals surface area contributed by atoms with Crippen molar-refractivity contribution in [3.63, 3.8) is 0 Å². The van der Waals surface area contributed by atoms with Crippen molar-refractivity contribution < 1.29 is 8.42 Å². The highest BCUT2D eigenvalue weighted by molar-refractivity contribution is 7.91. The lowest BCUT2D eigenvalue weighted by molar-refractivity contribution is 0.389. The molecule has 140 valence electrons. The Balaban J connectivity index is 1.94. The maximum Gasteiger partial charge on any atom is 0.191 e. The first-order valence-electron chi connectivity index (χ1n) is 9.15. The van der Waals surface area contributed by atoms with Crippen molar-refractivity contribution in [2.75, 3.05) is 31.6 Å². The van der Waals surface area contributed by atoms with Gasteiger partial charge in [-0.2, -0.15) is 0 Å². The Morgan fingerprint density at radius 1 is 1.20 bits per heavy atom. The van der Waals surface area contributed by atoms with Gasteiger partial charge in [0.25, 0.3) is 0 Å². The molecule has 6 heteroatoms. The van der Waals surface area contributed by atoms with Gasteiger partial charge >= 0.3 is 0 Å². The van der Waals surface area contributed by atoms with Gasteiger partial charge in [-0.25, -0.2) is 8.42 Å². The van der Waals surface area contributed by atoms with Gasteiger partial charge in [-0.3, -0.25) is 4.99 Å². The van der Waals surface area contributed by atoms with Gasteiger partial charge in [-0.15, -0.1) is 0 Å². The highest BCUT2D eigenvalue weighted by Crippen LogP contribution is 2.30. The number of nitrogens with one attached hydrogen (secondary N) is 2. The normalized spacial score (nSPS) is 20.4. The van der Waals surface area contributed by atoms with Crippen molar-refractivity contribution in [2.24, 2.45) is 10.9 Å². The predicted octanol–water partition coefficient (Wildman–Crippen LogP) is 2.34. The summed E-state index contributed by atoms with van der Waals surface area (Å²) in [6.45, 7) is 5.89. The van der Waals surface area contributed by atoms with Crippen LogP contribution >= 0.6 is 0 Å². The van der Waals surface area contributed by atoms with Gasteiger partial charge in [-0.1, -0.05) is 44.2 Å². The van der Waals surface area contributed by atoms with E-state index >= 15 is 0 Å². The van der Waals surface area contributed by atoms with E-state index in [1.165, 1.54) is 5.56 Å². The minimum absolute atomic E-state index is 0.0651. The molecule has 1 aromatic rings. The molecule has 0 spiro atoms. The summed E-state index contributed by atoms with van der Waals surface area (Å²) >= 11 is 0. The van der Waals surface area contributed by atoms with Crippen molar-refractivity contribution in [3.05, 3.63) is 35.9 Å². The lowest BCUT2D eigenvalue weighted by Gasteiger charge is -2.33. The molecule has 25 heavy (non-hydrogen) atoms. The Morgan fingerprint density at radius 2 is 1.88 bits per heavy atom. The van der Waals surface area contributed by atoms with E-state index in [0.717, 1.165) is 31.8 Å². The average molecular weight is 366 g/mol. The van der Waals surface area contributed by atoms with Crippen LogP contribution < -0.4 is 10.6 Å². The van der Waals surface area contributed by atoms with Crippen LogP contribution in [0.1, 0.15) is 38.7 Å². The first-order chi connectivity index (χ1) is 11.9. The van der Waals surface area contributed by atoms with Crippen molar-refractivity contribution in [1.82, 2.24) is 10.6 Å². The predicted molar refractivity (Wildman–Crippen MR) is 105 cm³/mol. The van der Waals surface area contributed by atoms with E-state index in [4.69, 9.17) is 0 Å². The Kier molecular flexibility index (Phi) is 6.87. The van der Waals surface area contributed by atoms with Crippen molar-refractivity contribution >= 4 is 15.8 Å². The molecule has 2 N–H and O–H groups in total. The lowest BCUT2D eigenvalue weighted by Crippen LogP contribution is -2.46. The second-order valence-corrected chi connectivity index (χ2v) is 9.16. The van der Waals surface area contributed by atoms with Gasteiger partial charge in [0.05, 0.1) is 11.5 Å². The van der Waals surface area contributed by atoms with Crippen LogP contribution in [-0.2, 0) is 15.3 Å². The van der Waals surface area contributed by atoms with Crippen molar-refractivity contribution in [2.45, 2.75) is 38.5 Å². The SMILES string of the molecule is CCC(CC)(CNC(=NC)NCC1CCS(=O)(=O)C1)c1ccccc1. The highest BCUT2D eigenvalue weighted by Gasteiger charge is 2.29. The fraction of sp³-hybridized carbons (Fsp3) is 0.632. The van der Waals surface area contributed by atoms with Gasteiger partial charge in [-0.05, 0) is 30.7 Å². The molecule has 1 saturated heterocycles. The molecule has 0 bridgehead atoms. The van der Waals surface area contributed by atoms with E-state index in [0.29, 0.717) is 12.3 Å². The van der Waals surface area contributed by atoms with E-state index in [1.54, 1.807) is 7.05 Å². The molecule has 1 aliphatic rings. The summed E-state index contributed by atoms with van der Waals surface area (Å²) < 4.78 is 23.1. The molecule has 5 nitrogen and oxygen atoms in total. The van der Waals surface area contributed by atoms with Crippen molar-refractivity contribution in [1.29, 1.82) is 0 Å². The summed E-state index contributed by atoms with van der Waals surface area (Å²) in [5, 5.41) is 6.74. The fourth-order valence-electron chi connectivity index (χ4n) is 3.55. The molecule has 1 unspecified atom stereocenters. The number of rotatable bonds is 7. The molecule has 1 atom stereocenters. The Bertz CT molecular complexity index is 667. The van der Waals surface area contributed by atoms with E-state index in [2.05, 4.69) is 53.7 Å². The Hall–Kier alpha value is -1.56. The average Bonchev–Trinajstić information content (AvgIpc) is 2.98. The summed E-state index contributed by atoms with van der Waals surface area (Å²) in [4.78, 5) is 4.30. The molecule has 1 fully saturated rings. The molecule has 0 amide bonds. The molecule has 0 aliphatic carbocycles. The van der Waals surface area contributed by atoms with Gasteiger partial charge in [0.2, 0.25) is 0 Å². The maximum absolute atomic E-state index is 11.6. The summed E-state index contributed by atoms with van der Waals surface area (Å²) in [5.41, 5.74) is 1.40. The lowest BCUT2D eigenvalue weighted by atomic mass is 9.76. The fourth-order valence-corrected chi connectivity index (χ4v) is 5.41. The zero-order valence-corrected chi connectivity index (χ0v) is 16.4. The zero-order chi connectivity index (χ0) is 18.3. The standard InChI is InChI=1S/C19H31N3O2S/c1-4-19(5-2,17-9-7-6-8-10-17)15-22-18(20-3)21-13-16-11-12-25(23,24)14-16/h6-10,16H,4-5,11-15H2,1-3H3,(H2,20,21,22). The second kappa shape index (κ2) is 8.70. The number of sulfone groups is 1. The molecule has 1 aliphatic heterocycles. The third kappa shape index (κ3) is 5.21. The Labute approximate surface area is 152 Å². The van der Waals surface area contributed by atoms with E-state index < -0.39 is 9.84 Å². The van der Waals surface area contributed by atoms with Crippen LogP contribution in [0.5, 0.6) is 0 Å². The van der Waals surface area contributed by atoms with E-state index in [1.807, 2.05) is 6.07 Å². The van der Waals surface area contributed by atoms with Crippen LogP contribution in [0.3, 0.4) is 0 Å². The van der Waals surface area contributed by atoms with Gasteiger partial charge < -0.3 is 10.6 Å². The van der Waals surface area contributed by atoms with Gasteiger partial charge in [0, 0.05) is 25.6 Å². The zero-order valence-electron chi connectivity index (χ0n) is 15.6. The van der Waals surface area contributed by atoms with Gasteiger partial charge in [0.15, 0.2) is 15.8 Å². The monoisotopic (exact) mass is 365 g/mol. The second-order valence-electron chi connectivity index (χ2n) is 6.93. The van der Waals surface area contributed by atoms with E-state index in [-0.39, 0.29) is 17.1 Å². The Morgan fingerprint density at radius 3 is 2.40 bits per heavy atom. The molecule has 1 heterocycles. The number of hydrogen-bond acceptors (Lipinski definition) is 3. The largest absolute Gasteiger partial charge is 0.356 e. The third-order valence-corrected chi connectivity index (χ3v) is 7.28. The first-order valence-corrected chi connectivity index (χ1v) is 11.0. The molecule has 0 saturated carbocycles. The molecule has 1 aromatic carbocycles. The van der Waals surface area contributed by atoms with E-state index in [9.17, 15) is 8.42 Å². The van der Waals surface area contributed by atoms with Crippen LogP contribution in [0.4, 0.5) is 0 Å². The number of aliphatic imine (C=N–C) groups is 1. The highest BCUT2D eigenvalue weighted by atomic mass is 32.2. The minimum Gasteiger partial charge on any atom is -0.356 e. The quantitative estimate of drug-likeness (QED) is 0.575. The molecule has 0 aromatic heterocycles. The first kappa shape index (κ1) is 19.8. The smallest absolute Gasteiger partial charge is 0.191 e. The number of nitrogens with zero attached hydrogens (tertiary/aromatic N) is 1. The third-order valence-electron chi connectivity index (χ3n) is 5.44. The summed E-state index contributed by atoms with van der Waals surface area (Å²) in [7, 11) is -1.08. The molecule has 0 radical (unpaired) electrons. The van der Waals surface area contributed by atoms with Crippen LogP contribution in [0.2, 0.25) is 0 Å². The molecule has 2 rings (SSSR count). The summed E-state index contributed by atoms with van der Waals surface area (Å²) in [6, 6.07) is 10.6. The van der Waals surface area contributed by atoms with Crippen LogP contribution in [0.15, 0.2) is 35.3 Å². The number of guanidine groups is 1.